The van der Waals surface area contributed by atoms with E-state index < -0.39 is 6.67 Å². The Kier molecular flexibility index (Phi) is 2.35. The molecule has 70 valence electrons. The first-order valence-corrected chi connectivity index (χ1v) is 5.21. The van der Waals surface area contributed by atoms with Gasteiger partial charge in [0.1, 0.15) is 12.5 Å². The number of fused-ring (bicyclic) bond motifs is 1. The van der Waals surface area contributed by atoms with E-state index in [0.717, 1.165) is 17.9 Å². The third kappa shape index (κ3) is 1.60. The van der Waals surface area contributed by atoms with Crippen LogP contribution in [0.5, 0.6) is 0 Å². The summed E-state index contributed by atoms with van der Waals surface area (Å²) in [6, 6.07) is 0. The monoisotopic (exact) mass is 200 g/mol. The second kappa shape index (κ2) is 3.49. The number of nitrogens with zero attached hydrogens (tertiary/aromatic N) is 1. The fraction of sp³-hybridized carbons (Fsp3) is 0.500. The van der Waals surface area contributed by atoms with Gasteiger partial charge in [0.2, 0.25) is 0 Å². The summed E-state index contributed by atoms with van der Waals surface area (Å²) in [5.41, 5.74) is 1.31. The van der Waals surface area contributed by atoms with Crippen molar-refractivity contribution < 1.29 is 4.39 Å². The Bertz CT molecular complexity index is 377. The van der Waals surface area contributed by atoms with Crippen LogP contribution in [0.15, 0.2) is 4.79 Å². The van der Waals surface area contributed by atoms with Gasteiger partial charge in [-0.05, 0) is 12.2 Å². The van der Waals surface area contributed by atoms with Crippen LogP contribution in [0.1, 0.15) is 17.1 Å². The molecule has 3 nitrogen and oxygen atoms in total. The Hall–Kier alpha value is -0.840. The number of H-pyrrole nitrogens is 1. The lowest BCUT2D eigenvalue weighted by atomic mass is 10.2. The average Bonchev–Trinajstić information content (AvgIpc) is 2.18. The molecule has 0 atom stereocenters. The molecule has 0 aliphatic carbocycles. The molecular weight excluding hydrogens is 191 g/mol. The van der Waals surface area contributed by atoms with Crippen molar-refractivity contribution in [3.05, 3.63) is 27.4 Å². The van der Waals surface area contributed by atoms with Crippen molar-refractivity contribution in [2.75, 3.05) is 5.75 Å². The van der Waals surface area contributed by atoms with Crippen LogP contribution in [0.25, 0.3) is 0 Å². The van der Waals surface area contributed by atoms with Gasteiger partial charge in [0.05, 0.1) is 5.69 Å². The van der Waals surface area contributed by atoms with E-state index in [4.69, 9.17) is 0 Å². The summed E-state index contributed by atoms with van der Waals surface area (Å²) >= 11 is 1.71. The van der Waals surface area contributed by atoms with Gasteiger partial charge >= 0.3 is 0 Å². The molecule has 0 amide bonds. The normalized spacial score (nSPS) is 15.5. The van der Waals surface area contributed by atoms with E-state index in [0.29, 0.717) is 11.3 Å². The van der Waals surface area contributed by atoms with Gasteiger partial charge in [0, 0.05) is 11.3 Å². The number of nitrogens with one attached hydrogen (secondary N) is 1. The maximum absolute atomic E-state index is 12.2. The van der Waals surface area contributed by atoms with Crippen LogP contribution in [0.3, 0.4) is 0 Å². The van der Waals surface area contributed by atoms with E-state index in [9.17, 15) is 9.18 Å². The topological polar surface area (TPSA) is 45.8 Å². The van der Waals surface area contributed by atoms with Gasteiger partial charge in [-0.2, -0.15) is 11.8 Å². The fourth-order valence-corrected chi connectivity index (χ4v) is 2.34. The van der Waals surface area contributed by atoms with Crippen LogP contribution in [-0.2, 0) is 18.8 Å². The molecule has 0 spiro atoms. The van der Waals surface area contributed by atoms with Crippen molar-refractivity contribution in [3.8, 4) is 0 Å². The molecule has 2 heterocycles. The van der Waals surface area contributed by atoms with E-state index in [-0.39, 0.29) is 11.4 Å². The third-order valence-electron chi connectivity index (χ3n) is 2.01. The minimum Gasteiger partial charge on any atom is -0.308 e. The van der Waals surface area contributed by atoms with E-state index in [1.165, 1.54) is 0 Å². The number of rotatable bonds is 1. The highest BCUT2D eigenvalue weighted by atomic mass is 32.2. The van der Waals surface area contributed by atoms with Crippen molar-refractivity contribution in [2.24, 2.45) is 0 Å². The van der Waals surface area contributed by atoms with Crippen molar-refractivity contribution in [3.63, 3.8) is 0 Å². The summed E-state index contributed by atoms with van der Waals surface area (Å²) in [6.45, 7) is -0.699. The maximum atomic E-state index is 12.2. The van der Waals surface area contributed by atoms with E-state index in [1.54, 1.807) is 11.8 Å². The van der Waals surface area contributed by atoms with Gasteiger partial charge in [-0.1, -0.05) is 0 Å². The van der Waals surface area contributed by atoms with Gasteiger partial charge in [-0.15, -0.1) is 0 Å². The Labute approximate surface area is 78.8 Å². The van der Waals surface area contributed by atoms with Crippen LogP contribution in [0.4, 0.5) is 4.39 Å². The molecular formula is C8H9FN2OS. The highest BCUT2D eigenvalue weighted by Crippen LogP contribution is 2.19. The summed E-state index contributed by atoms with van der Waals surface area (Å²) in [6.07, 6.45) is 0.775. The zero-order valence-corrected chi connectivity index (χ0v) is 7.79. The van der Waals surface area contributed by atoms with Gasteiger partial charge in [0.15, 0.2) is 0 Å². The van der Waals surface area contributed by atoms with Crippen LogP contribution in [0, 0.1) is 0 Å². The summed E-state index contributed by atoms with van der Waals surface area (Å²) in [4.78, 5) is 17.8. The molecule has 1 N–H and O–H groups in total. The van der Waals surface area contributed by atoms with E-state index in [2.05, 4.69) is 9.97 Å². The lowest BCUT2D eigenvalue weighted by Gasteiger charge is -2.13. The van der Waals surface area contributed by atoms with Crippen molar-refractivity contribution in [1.29, 1.82) is 0 Å². The Morgan fingerprint density at radius 1 is 1.62 bits per heavy atom. The van der Waals surface area contributed by atoms with E-state index in [1.807, 2.05) is 0 Å². The van der Waals surface area contributed by atoms with Gasteiger partial charge < -0.3 is 4.98 Å². The molecule has 13 heavy (non-hydrogen) atoms. The first-order chi connectivity index (χ1) is 6.31. The molecule has 1 aromatic rings. The predicted molar refractivity (Wildman–Crippen MR) is 49.5 cm³/mol. The predicted octanol–water partition coefficient (Wildman–Crippen LogP) is 1.03. The molecule has 0 fully saturated rings. The number of aromatic nitrogens is 2. The first-order valence-electron chi connectivity index (χ1n) is 4.06. The van der Waals surface area contributed by atoms with E-state index >= 15 is 0 Å². The molecule has 0 unspecified atom stereocenters. The van der Waals surface area contributed by atoms with Gasteiger partial charge in [-0.3, -0.25) is 4.79 Å². The largest absolute Gasteiger partial charge is 0.308 e. The average molecular weight is 200 g/mol. The quantitative estimate of drug-likeness (QED) is 0.736. The SMILES string of the molecule is O=c1[nH]c(CF)nc2c1CSCC2. The second-order valence-corrected chi connectivity index (χ2v) is 3.98. The number of halogens is 1. The highest BCUT2D eigenvalue weighted by Gasteiger charge is 2.15. The van der Waals surface area contributed by atoms with Crippen LogP contribution in [0.2, 0.25) is 0 Å². The smallest absolute Gasteiger partial charge is 0.255 e. The van der Waals surface area contributed by atoms with Crippen LogP contribution < -0.4 is 5.56 Å². The molecule has 0 radical (unpaired) electrons. The summed E-state index contributed by atoms with van der Waals surface area (Å²) in [7, 11) is 0. The molecule has 0 bridgehead atoms. The fourth-order valence-electron chi connectivity index (χ4n) is 1.36. The van der Waals surface area contributed by atoms with Crippen LogP contribution in [-0.4, -0.2) is 15.7 Å². The van der Waals surface area contributed by atoms with Crippen molar-refractivity contribution in [2.45, 2.75) is 18.8 Å². The molecule has 1 aliphatic rings. The summed E-state index contributed by atoms with van der Waals surface area (Å²) in [5, 5.41) is 0. The lowest BCUT2D eigenvalue weighted by molar-refractivity contribution is 0.462. The molecule has 0 saturated heterocycles. The molecule has 5 heteroatoms. The number of hydrogen-bond donors (Lipinski definition) is 1. The minimum absolute atomic E-state index is 0.149. The molecule has 0 aromatic carbocycles. The number of hydrogen-bond acceptors (Lipinski definition) is 3. The van der Waals surface area contributed by atoms with Gasteiger partial charge in [0.25, 0.3) is 5.56 Å². The number of aromatic amines is 1. The van der Waals surface area contributed by atoms with Crippen LogP contribution >= 0.6 is 11.8 Å². The lowest BCUT2D eigenvalue weighted by Crippen LogP contribution is -2.22. The number of alkyl halides is 1. The third-order valence-corrected chi connectivity index (χ3v) is 2.99. The van der Waals surface area contributed by atoms with Crippen molar-refractivity contribution in [1.82, 2.24) is 9.97 Å². The molecule has 1 aromatic heterocycles. The second-order valence-electron chi connectivity index (χ2n) is 2.87. The Balaban J connectivity index is 2.53. The van der Waals surface area contributed by atoms with Gasteiger partial charge in [-0.25, -0.2) is 9.37 Å². The number of aryl methyl sites for hydroxylation is 1. The zero-order chi connectivity index (χ0) is 9.26. The summed E-state index contributed by atoms with van der Waals surface area (Å²) in [5.74, 6) is 1.81. The highest BCUT2D eigenvalue weighted by molar-refractivity contribution is 7.98. The molecule has 2 rings (SSSR count). The zero-order valence-electron chi connectivity index (χ0n) is 6.97. The minimum atomic E-state index is -0.699. The Morgan fingerprint density at radius 2 is 2.46 bits per heavy atom. The maximum Gasteiger partial charge on any atom is 0.255 e. The standard InChI is InChI=1S/C8H9FN2OS/c9-3-7-10-6-1-2-13-4-5(6)8(12)11-7/h1-4H2,(H,10,11,12). The van der Waals surface area contributed by atoms with Crippen molar-refractivity contribution >= 4 is 11.8 Å². The first kappa shape index (κ1) is 8.74. The Morgan fingerprint density at radius 3 is 3.23 bits per heavy atom. The summed E-state index contributed by atoms with van der Waals surface area (Å²) < 4.78 is 12.2. The molecule has 0 saturated carbocycles. The number of thioether (sulfide) groups is 1. The molecule has 1 aliphatic heterocycles.